The van der Waals surface area contributed by atoms with E-state index in [0.717, 1.165) is 21.9 Å². The number of nitrogens with one attached hydrogen (secondary N) is 2. The molecule has 7 heteroatoms. The molecule has 3 aromatic carbocycles. The predicted molar refractivity (Wildman–Crippen MR) is 135 cm³/mol. The third-order valence-electron chi connectivity index (χ3n) is 5.27. The van der Waals surface area contributed by atoms with E-state index in [0.29, 0.717) is 0 Å². The van der Waals surface area contributed by atoms with Crippen LogP contribution >= 0.6 is 0 Å². The second kappa shape index (κ2) is 11.5. The molecular formula is C28H32N2O5. The van der Waals surface area contributed by atoms with E-state index in [1.54, 1.807) is 20.8 Å². The lowest BCUT2D eigenvalue weighted by Gasteiger charge is -2.24. The molecule has 0 aliphatic rings. The molecule has 0 fully saturated rings. The second-order valence-electron chi connectivity index (χ2n) is 9.35. The highest BCUT2D eigenvalue weighted by Gasteiger charge is 2.28. The Balaban J connectivity index is 1.71. The normalized spacial score (nSPS) is 12.9. The van der Waals surface area contributed by atoms with Gasteiger partial charge in [-0.2, -0.15) is 0 Å². The zero-order valence-corrected chi connectivity index (χ0v) is 20.5. The van der Waals surface area contributed by atoms with Crippen LogP contribution in [0.3, 0.4) is 0 Å². The summed E-state index contributed by atoms with van der Waals surface area (Å²) in [5.74, 6) is -1.11. The third kappa shape index (κ3) is 7.84. The van der Waals surface area contributed by atoms with Crippen molar-refractivity contribution in [2.24, 2.45) is 0 Å². The summed E-state index contributed by atoms with van der Waals surface area (Å²) in [6.07, 6.45) is -1.12. The minimum atomic E-state index is -1.16. The zero-order chi connectivity index (χ0) is 25.4. The maximum atomic E-state index is 13.2. The Labute approximate surface area is 205 Å². The molecular weight excluding hydrogens is 444 g/mol. The molecule has 7 nitrogen and oxygen atoms in total. The Morgan fingerprint density at radius 1 is 0.857 bits per heavy atom. The van der Waals surface area contributed by atoms with Gasteiger partial charge in [-0.15, -0.1) is 0 Å². The van der Waals surface area contributed by atoms with Gasteiger partial charge in [-0.3, -0.25) is 9.59 Å². The molecule has 3 rings (SSSR count). The first-order valence-corrected chi connectivity index (χ1v) is 11.6. The van der Waals surface area contributed by atoms with Crippen molar-refractivity contribution in [3.8, 4) is 0 Å². The number of amides is 2. The number of ether oxygens (including phenoxy) is 2. The molecule has 0 aromatic heterocycles. The minimum absolute atomic E-state index is 0.0762. The molecule has 0 bridgehead atoms. The molecule has 2 N–H and O–H groups in total. The number of hydrogen-bond acceptors (Lipinski definition) is 5. The van der Waals surface area contributed by atoms with Crippen molar-refractivity contribution < 1.29 is 23.9 Å². The molecule has 0 radical (unpaired) electrons. The van der Waals surface area contributed by atoms with Gasteiger partial charge in [-0.1, -0.05) is 72.8 Å². The van der Waals surface area contributed by atoms with E-state index >= 15 is 0 Å². The number of carbonyl (C=O) groups excluding carboxylic acids is 3. The summed E-state index contributed by atoms with van der Waals surface area (Å²) in [6.45, 7) is 7.10. The summed E-state index contributed by atoms with van der Waals surface area (Å²) < 4.78 is 10.6. The minimum Gasteiger partial charge on any atom is -0.461 e. The number of alkyl carbamates (subject to hydrolysis) is 1. The molecule has 0 aliphatic heterocycles. The molecule has 2 amide bonds. The highest BCUT2D eigenvalue weighted by Crippen LogP contribution is 2.24. The van der Waals surface area contributed by atoms with Gasteiger partial charge in [0.15, 0.2) is 0 Å². The number of benzene rings is 3. The second-order valence-corrected chi connectivity index (χ2v) is 9.35. The van der Waals surface area contributed by atoms with Crippen molar-refractivity contribution in [3.05, 3.63) is 83.9 Å². The van der Waals surface area contributed by atoms with Crippen LogP contribution in [0.2, 0.25) is 0 Å². The number of rotatable bonds is 8. The zero-order valence-electron chi connectivity index (χ0n) is 20.5. The Kier molecular flexibility index (Phi) is 8.47. The first-order chi connectivity index (χ1) is 16.6. The topological polar surface area (TPSA) is 93.7 Å². The van der Waals surface area contributed by atoms with Gasteiger partial charge in [0.25, 0.3) is 0 Å². The molecule has 0 heterocycles. The molecule has 0 spiro atoms. The van der Waals surface area contributed by atoms with E-state index in [1.807, 2.05) is 79.7 Å². The Morgan fingerprint density at radius 3 is 2.23 bits per heavy atom. The van der Waals surface area contributed by atoms with Gasteiger partial charge in [0.1, 0.15) is 18.2 Å². The van der Waals surface area contributed by atoms with E-state index in [2.05, 4.69) is 10.6 Å². The van der Waals surface area contributed by atoms with Crippen molar-refractivity contribution in [2.75, 3.05) is 0 Å². The number of hydrogen-bond donors (Lipinski definition) is 2. The van der Waals surface area contributed by atoms with Crippen LogP contribution in [0.4, 0.5) is 4.79 Å². The van der Waals surface area contributed by atoms with Crippen LogP contribution < -0.4 is 10.6 Å². The molecule has 35 heavy (non-hydrogen) atoms. The smallest absolute Gasteiger partial charge is 0.408 e. The molecule has 184 valence electrons. The Bertz CT molecular complexity index is 1170. The van der Waals surface area contributed by atoms with E-state index < -0.39 is 29.6 Å². The van der Waals surface area contributed by atoms with Crippen molar-refractivity contribution >= 4 is 28.7 Å². The van der Waals surface area contributed by atoms with E-state index in [4.69, 9.17) is 9.47 Å². The summed E-state index contributed by atoms with van der Waals surface area (Å²) >= 11 is 0. The monoisotopic (exact) mass is 476 g/mol. The fraction of sp³-hybridized carbons (Fsp3) is 0.321. The summed E-state index contributed by atoms with van der Waals surface area (Å²) in [6, 6.07) is 21.5. The average Bonchev–Trinajstić information content (AvgIpc) is 2.81. The Morgan fingerprint density at radius 2 is 1.51 bits per heavy atom. The maximum Gasteiger partial charge on any atom is 0.408 e. The van der Waals surface area contributed by atoms with Crippen molar-refractivity contribution in [2.45, 2.75) is 58.4 Å². The standard InChI is InChI=1S/C28H32N2O5/c1-19(22-16-10-14-21-13-8-9-15-23(21)22)29-26(32)24(30-27(33)35-28(2,3)4)17-25(31)34-18-20-11-6-5-7-12-20/h5-16,19,24H,17-18H2,1-4H3,(H,29,32)(H,30,33)/t19-,24-/m0/s1. The SMILES string of the molecule is C[C@H](NC(=O)[C@H](CC(=O)OCc1ccccc1)NC(=O)OC(C)(C)C)c1cccc2ccccc12. The van der Waals surface area contributed by atoms with Gasteiger partial charge < -0.3 is 20.1 Å². The van der Waals surface area contributed by atoms with Gasteiger partial charge >= 0.3 is 12.1 Å². The lowest BCUT2D eigenvalue weighted by atomic mass is 9.99. The third-order valence-corrected chi connectivity index (χ3v) is 5.27. The maximum absolute atomic E-state index is 13.2. The number of fused-ring (bicyclic) bond motifs is 1. The largest absolute Gasteiger partial charge is 0.461 e. The van der Waals surface area contributed by atoms with Gasteiger partial charge in [-0.05, 0) is 49.6 Å². The van der Waals surface area contributed by atoms with Crippen LogP contribution in [0.25, 0.3) is 10.8 Å². The average molecular weight is 477 g/mol. The van der Waals surface area contributed by atoms with Crippen LogP contribution in [-0.4, -0.2) is 29.6 Å². The van der Waals surface area contributed by atoms with E-state index in [1.165, 1.54) is 0 Å². The van der Waals surface area contributed by atoms with Crippen LogP contribution in [0.1, 0.15) is 51.3 Å². The predicted octanol–water partition coefficient (Wildman–Crippen LogP) is 5.04. The quantitative estimate of drug-likeness (QED) is 0.444. The van der Waals surface area contributed by atoms with Gasteiger partial charge in [0.2, 0.25) is 5.91 Å². The van der Waals surface area contributed by atoms with Crippen molar-refractivity contribution in [1.29, 1.82) is 0 Å². The number of carbonyl (C=O) groups is 3. The lowest BCUT2D eigenvalue weighted by Crippen LogP contribution is -2.49. The van der Waals surface area contributed by atoms with Gasteiger partial charge in [0.05, 0.1) is 12.5 Å². The van der Waals surface area contributed by atoms with E-state index in [9.17, 15) is 14.4 Å². The molecule has 0 unspecified atom stereocenters. The number of esters is 1. The Hall–Kier alpha value is -3.87. The first kappa shape index (κ1) is 25.7. The molecule has 3 aromatic rings. The first-order valence-electron chi connectivity index (χ1n) is 11.6. The van der Waals surface area contributed by atoms with E-state index in [-0.39, 0.29) is 19.1 Å². The molecule has 0 saturated carbocycles. The lowest BCUT2D eigenvalue weighted by molar-refractivity contribution is -0.147. The van der Waals surface area contributed by atoms with Crippen molar-refractivity contribution in [1.82, 2.24) is 10.6 Å². The van der Waals surface area contributed by atoms with Crippen molar-refractivity contribution in [3.63, 3.8) is 0 Å². The fourth-order valence-corrected chi connectivity index (χ4v) is 3.64. The molecule has 2 atom stereocenters. The summed E-state index contributed by atoms with van der Waals surface area (Å²) in [5, 5.41) is 7.51. The summed E-state index contributed by atoms with van der Waals surface area (Å²) in [4.78, 5) is 38.1. The highest BCUT2D eigenvalue weighted by molar-refractivity contribution is 5.91. The molecule has 0 aliphatic carbocycles. The van der Waals surface area contributed by atoms with Gasteiger partial charge in [0, 0.05) is 0 Å². The van der Waals surface area contributed by atoms with Crippen LogP contribution in [0, 0.1) is 0 Å². The van der Waals surface area contributed by atoms with Crippen LogP contribution in [0.5, 0.6) is 0 Å². The fourth-order valence-electron chi connectivity index (χ4n) is 3.64. The summed E-state index contributed by atoms with van der Waals surface area (Å²) in [7, 11) is 0. The molecule has 0 saturated heterocycles. The highest BCUT2D eigenvalue weighted by atomic mass is 16.6. The van der Waals surface area contributed by atoms with Gasteiger partial charge in [-0.25, -0.2) is 4.79 Å². The summed E-state index contributed by atoms with van der Waals surface area (Å²) in [5.41, 5.74) is 1.00. The van der Waals surface area contributed by atoms with Crippen LogP contribution in [0.15, 0.2) is 72.8 Å². The van der Waals surface area contributed by atoms with Crippen LogP contribution in [-0.2, 0) is 25.7 Å².